The van der Waals surface area contributed by atoms with E-state index < -0.39 is 0 Å². The highest BCUT2D eigenvalue weighted by atomic mass is 32.1. The van der Waals surface area contributed by atoms with Crippen LogP contribution in [0.15, 0.2) is 0 Å². The summed E-state index contributed by atoms with van der Waals surface area (Å²) in [6, 6.07) is 0. The average molecular weight is 297 g/mol. The Morgan fingerprint density at radius 3 is 2.80 bits per heavy atom. The number of piperidine rings is 1. The second kappa shape index (κ2) is 6.90. The summed E-state index contributed by atoms with van der Waals surface area (Å²) in [5.41, 5.74) is 6.23. The molecule has 1 amide bonds. The van der Waals surface area contributed by atoms with E-state index in [1.165, 1.54) is 24.4 Å². The van der Waals surface area contributed by atoms with E-state index in [2.05, 4.69) is 26.8 Å². The molecule has 2 rings (SSSR count). The van der Waals surface area contributed by atoms with Crippen LogP contribution in [-0.4, -0.2) is 48.4 Å². The lowest BCUT2D eigenvalue weighted by molar-refractivity contribution is 0.0965. The van der Waals surface area contributed by atoms with Crippen molar-refractivity contribution in [1.29, 1.82) is 0 Å². The van der Waals surface area contributed by atoms with Crippen LogP contribution in [0.25, 0.3) is 0 Å². The Labute approximate surface area is 123 Å². The number of nitrogens with two attached hydrogens (primary N) is 1. The van der Waals surface area contributed by atoms with Gasteiger partial charge >= 0.3 is 0 Å². The maximum atomic E-state index is 11.8. The number of carbonyl (C=O) groups excluding carboxylic acids is 1. The molecule has 112 valence electrons. The van der Waals surface area contributed by atoms with Crippen LogP contribution < -0.4 is 16.4 Å². The summed E-state index contributed by atoms with van der Waals surface area (Å²) >= 11 is 1.26. The highest BCUT2D eigenvalue weighted by molar-refractivity contribution is 7.11. The first-order chi connectivity index (χ1) is 9.65. The van der Waals surface area contributed by atoms with Gasteiger partial charge in [-0.25, -0.2) is 0 Å². The topological polar surface area (TPSA) is 83.3 Å². The van der Waals surface area contributed by atoms with Gasteiger partial charge in [0.05, 0.1) is 0 Å². The minimum absolute atomic E-state index is 0.181. The summed E-state index contributed by atoms with van der Waals surface area (Å²) < 4.78 is 4.06. The fourth-order valence-electron chi connectivity index (χ4n) is 2.51. The molecule has 4 N–H and O–H groups in total. The van der Waals surface area contributed by atoms with E-state index in [0.29, 0.717) is 17.3 Å². The van der Waals surface area contributed by atoms with Crippen molar-refractivity contribution in [3.63, 3.8) is 0 Å². The number of aromatic nitrogens is 1. The van der Waals surface area contributed by atoms with Crippen molar-refractivity contribution in [3.8, 4) is 0 Å². The Morgan fingerprint density at radius 1 is 1.50 bits per heavy atom. The molecule has 1 aliphatic rings. The molecule has 0 unspecified atom stereocenters. The first-order valence-corrected chi connectivity index (χ1v) is 7.86. The largest absolute Gasteiger partial charge is 0.382 e. The van der Waals surface area contributed by atoms with Crippen molar-refractivity contribution in [2.45, 2.75) is 19.8 Å². The Balaban J connectivity index is 1.90. The smallest absolute Gasteiger partial charge is 0.257 e. The molecule has 1 saturated heterocycles. The Morgan fingerprint density at radius 2 is 2.20 bits per heavy atom. The van der Waals surface area contributed by atoms with Gasteiger partial charge in [0.1, 0.15) is 10.6 Å². The highest BCUT2D eigenvalue weighted by Crippen LogP contribution is 2.27. The van der Waals surface area contributed by atoms with Crippen LogP contribution in [0.2, 0.25) is 0 Å². The molecule has 0 spiro atoms. The molecular weight excluding hydrogens is 274 g/mol. The Kier molecular flexibility index (Phi) is 5.19. The van der Waals surface area contributed by atoms with E-state index in [4.69, 9.17) is 5.73 Å². The van der Waals surface area contributed by atoms with Gasteiger partial charge in [-0.05, 0) is 49.9 Å². The number of anilines is 2. The zero-order valence-electron chi connectivity index (χ0n) is 12.1. The number of nitrogens with one attached hydrogen (secondary N) is 2. The van der Waals surface area contributed by atoms with E-state index >= 15 is 0 Å². The van der Waals surface area contributed by atoms with E-state index in [9.17, 15) is 4.79 Å². The summed E-state index contributed by atoms with van der Waals surface area (Å²) in [7, 11) is 1.60. The number of nitrogen functional groups attached to an aromatic ring is 1. The molecule has 6 nitrogen and oxygen atoms in total. The van der Waals surface area contributed by atoms with Gasteiger partial charge in [0.2, 0.25) is 0 Å². The van der Waals surface area contributed by atoms with Crippen molar-refractivity contribution in [2.24, 2.45) is 5.92 Å². The van der Waals surface area contributed by atoms with Crippen molar-refractivity contribution in [1.82, 2.24) is 14.6 Å². The minimum atomic E-state index is -0.181. The van der Waals surface area contributed by atoms with Gasteiger partial charge in [-0.2, -0.15) is 4.37 Å². The molecule has 1 aliphatic heterocycles. The number of amides is 1. The number of carbonyl (C=O) groups is 1. The fourth-order valence-corrected chi connectivity index (χ4v) is 3.23. The lowest BCUT2D eigenvalue weighted by Crippen LogP contribution is -2.35. The van der Waals surface area contributed by atoms with Crippen molar-refractivity contribution >= 4 is 28.3 Å². The van der Waals surface area contributed by atoms with E-state index in [-0.39, 0.29) is 5.91 Å². The minimum Gasteiger partial charge on any atom is -0.382 e. The van der Waals surface area contributed by atoms with Gasteiger partial charge in [-0.1, -0.05) is 6.92 Å². The first-order valence-electron chi connectivity index (χ1n) is 7.09. The van der Waals surface area contributed by atoms with Crippen LogP contribution in [0.1, 0.15) is 30.1 Å². The molecule has 0 aromatic carbocycles. The van der Waals surface area contributed by atoms with Crippen molar-refractivity contribution in [2.75, 3.05) is 44.3 Å². The van der Waals surface area contributed by atoms with Gasteiger partial charge in [0.25, 0.3) is 5.91 Å². The maximum absolute atomic E-state index is 11.8. The third-order valence-corrected chi connectivity index (χ3v) is 4.70. The molecule has 1 aromatic rings. The summed E-state index contributed by atoms with van der Waals surface area (Å²) in [5, 5.41) is 6.73. The molecule has 0 saturated carbocycles. The molecule has 0 radical (unpaired) electrons. The summed E-state index contributed by atoms with van der Waals surface area (Å²) in [6.07, 6.45) is 2.40. The lowest BCUT2D eigenvalue weighted by atomic mass is 9.97. The number of hydrogen-bond acceptors (Lipinski definition) is 6. The highest BCUT2D eigenvalue weighted by Gasteiger charge is 2.21. The Hall–Kier alpha value is -1.34. The Bertz CT molecular complexity index is 454. The summed E-state index contributed by atoms with van der Waals surface area (Å²) in [5.74, 6) is 0.774. The van der Waals surface area contributed by atoms with Crippen LogP contribution in [0.4, 0.5) is 10.8 Å². The normalized spacial score (nSPS) is 17.1. The molecule has 1 aromatic heterocycles. The van der Waals surface area contributed by atoms with E-state index in [1.54, 1.807) is 7.05 Å². The van der Waals surface area contributed by atoms with Crippen LogP contribution in [0.5, 0.6) is 0 Å². The second-order valence-electron chi connectivity index (χ2n) is 5.11. The monoisotopic (exact) mass is 297 g/mol. The molecule has 20 heavy (non-hydrogen) atoms. The molecular formula is C13H23N5OS. The molecule has 0 aliphatic carbocycles. The van der Waals surface area contributed by atoms with Gasteiger partial charge in [-0.3, -0.25) is 4.79 Å². The predicted molar refractivity (Wildman–Crippen MR) is 83.2 cm³/mol. The maximum Gasteiger partial charge on any atom is 0.257 e. The zero-order valence-corrected chi connectivity index (χ0v) is 12.9. The van der Waals surface area contributed by atoms with Crippen molar-refractivity contribution < 1.29 is 4.79 Å². The third kappa shape index (κ3) is 3.40. The molecule has 0 bridgehead atoms. The van der Waals surface area contributed by atoms with Gasteiger partial charge in [0.15, 0.2) is 5.82 Å². The van der Waals surface area contributed by atoms with Gasteiger partial charge < -0.3 is 21.3 Å². The summed E-state index contributed by atoms with van der Waals surface area (Å²) in [4.78, 5) is 14.2. The quantitative estimate of drug-likeness (QED) is 0.761. The number of rotatable bonds is 5. The second-order valence-corrected chi connectivity index (χ2v) is 5.88. The SMILES string of the molecule is CCN1CCC(CNc2snc(N)c2C(=O)NC)CC1. The predicted octanol–water partition coefficient (Wildman–Crippen LogP) is 1.23. The zero-order chi connectivity index (χ0) is 14.5. The van der Waals surface area contributed by atoms with Crippen LogP contribution >= 0.6 is 11.5 Å². The van der Waals surface area contributed by atoms with E-state index in [0.717, 1.165) is 31.2 Å². The number of likely N-dealkylation sites (tertiary alicyclic amines) is 1. The fraction of sp³-hybridized carbons (Fsp3) is 0.692. The third-order valence-electron chi connectivity index (χ3n) is 3.88. The number of nitrogens with zero attached hydrogens (tertiary/aromatic N) is 2. The lowest BCUT2D eigenvalue weighted by Gasteiger charge is -2.31. The van der Waals surface area contributed by atoms with Crippen LogP contribution in [0, 0.1) is 5.92 Å². The van der Waals surface area contributed by atoms with Crippen molar-refractivity contribution in [3.05, 3.63) is 5.56 Å². The molecule has 2 heterocycles. The van der Waals surface area contributed by atoms with Gasteiger partial charge in [-0.15, -0.1) is 0 Å². The van der Waals surface area contributed by atoms with E-state index in [1.807, 2.05) is 0 Å². The van der Waals surface area contributed by atoms with Gasteiger partial charge in [0, 0.05) is 13.6 Å². The molecule has 1 fully saturated rings. The standard InChI is InChI=1S/C13H23N5OS/c1-3-18-6-4-9(5-7-18)8-16-13-10(12(19)15-2)11(14)17-20-13/h9,16H,3-8H2,1-2H3,(H2,14,17)(H,15,19). The average Bonchev–Trinajstić information content (AvgIpc) is 2.86. The number of hydrogen-bond donors (Lipinski definition) is 3. The molecule has 0 atom stereocenters. The van der Waals surface area contributed by atoms with Crippen LogP contribution in [-0.2, 0) is 0 Å². The summed E-state index contributed by atoms with van der Waals surface area (Å²) in [6.45, 7) is 6.54. The van der Waals surface area contributed by atoms with Crippen LogP contribution in [0.3, 0.4) is 0 Å². The molecule has 7 heteroatoms. The first kappa shape index (κ1) is 15.1.